The van der Waals surface area contributed by atoms with E-state index in [-0.39, 0.29) is 46.6 Å². The zero-order chi connectivity index (χ0) is 24.9. The van der Waals surface area contributed by atoms with Gasteiger partial charge in [-0.1, -0.05) is 17.4 Å². The lowest BCUT2D eigenvalue weighted by atomic mass is 10.1. The van der Waals surface area contributed by atoms with Gasteiger partial charge in [0, 0.05) is 31.6 Å². The predicted octanol–water partition coefficient (Wildman–Crippen LogP) is 2.75. The summed E-state index contributed by atoms with van der Waals surface area (Å²) in [7, 11) is 0. The van der Waals surface area contributed by atoms with Gasteiger partial charge in [0.2, 0.25) is 11.2 Å². The van der Waals surface area contributed by atoms with Gasteiger partial charge in [-0.3, -0.25) is 14.4 Å². The van der Waals surface area contributed by atoms with Crippen LogP contribution in [0.5, 0.6) is 5.75 Å². The molecular weight excluding hydrogens is 482 g/mol. The molecule has 1 fully saturated rings. The molecular formula is C23H20F2N4O5S. The minimum absolute atomic E-state index is 0.0272. The predicted molar refractivity (Wildman–Crippen MR) is 120 cm³/mol. The van der Waals surface area contributed by atoms with E-state index in [0.717, 1.165) is 30.4 Å². The van der Waals surface area contributed by atoms with Crippen molar-refractivity contribution >= 4 is 23.2 Å². The first-order chi connectivity index (χ1) is 16.7. The second kappa shape index (κ2) is 8.93. The van der Waals surface area contributed by atoms with Gasteiger partial charge in [-0.05, 0) is 25.0 Å². The molecule has 2 atom stereocenters. The van der Waals surface area contributed by atoms with Crippen LogP contribution in [-0.4, -0.2) is 50.4 Å². The average Bonchev–Trinajstić information content (AvgIpc) is 3.25. The number of hydrogen-bond donors (Lipinski definition) is 0. The largest absolute Gasteiger partial charge is 0.420 e. The van der Waals surface area contributed by atoms with Crippen molar-refractivity contribution in [1.29, 1.82) is 0 Å². The highest BCUT2D eigenvalue weighted by Crippen LogP contribution is 2.32. The number of ether oxygens (including phenoxy) is 2. The number of pyridine rings is 1. The van der Waals surface area contributed by atoms with Crippen LogP contribution in [0.15, 0.2) is 29.2 Å². The fraction of sp³-hybridized carbons (Fsp3) is 0.348. The summed E-state index contributed by atoms with van der Waals surface area (Å²) in [6.07, 6.45) is 1.65. The van der Waals surface area contributed by atoms with E-state index >= 15 is 0 Å². The smallest absolute Gasteiger partial charge is 0.308 e. The molecule has 182 valence electrons. The number of carbonyl (C=O) groups excluding carboxylic acids is 2. The van der Waals surface area contributed by atoms with Crippen LogP contribution < -0.4 is 10.2 Å². The normalized spacial score (nSPS) is 19.3. The summed E-state index contributed by atoms with van der Waals surface area (Å²) in [5, 5.41) is 8.71. The number of esters is 1. The summed E-state index contributed by atoms with van der Waals surface area (Å²) in [6, 6.07) is 3.15. The highest BCUT2D eigenvalue weighted by molar-refractivity contribution is 7.14. The first-order valence-corrected chi connectivity index (χ1v) is 11.7. The molecule has 0 unspecified atom stereocenters. The molecule has 0 spiro atoms. The van der Waals surface area contributed by atoms with E-state index in [1.165, 1.54) is 16.8 Å². The van der Waals surface area contributed by atoms with Gasteiger partial charge < -0.3 is 18.9 Å². The molecule has 1 aromatic carbocycles. The number of amides is 1. The molecule has 1 saturated heterocycles. The minimum atomic E-state index is -0.746. The Hall–Kier alpha value is -3.51. The van der Waals surface area contributed by atoms with E-state index in [4.69, 9.17) is 9.47 Å². The van der Waals surface area contributed by atoms with Crippen molar-refractivity contribution in [3.63, 3.8) is 0 Å². The van der Waals surface area contributed by atoms with E-state index in [2.05, 4.69) is 10.2 Å². The van der Waals surface area contributed by atoms with Crippen LogP contribution in [0.3, 0.4) is 0 Å². The molecule has 35 heavy (non-hydrogen) atoms. The fourth-order valence-electron chi connectivity index (χ4n) is 4.30. The lowest BCUT2D eigenvalue weighted by Crippen LogP contribution is -2.57. The van der Waals surface area contributed by atoms with E-state index < -0.39 is 35.2 Å². The van der Waals surface area contributed by atoms with E-state index in [1.54, 1.807) is 4.90 Å². The van der Waals surface area contributed by atoms with E-state index in [0.29, 0.717) is 18.0 Å². The minimum Gasteiger partial charge on any atom is -0.420 e. The van der Waals surface area contributed by atoms with Crippen molar-refractivity contribution in [2.75, 3.05) is 6.61 Å². The zero-order valence-electron chi connectivity index (χ0n) is 18.8. The highest BCUT2D eigenvalue weighted by atomic mass is 32.1. The van der Waals surface area contributed by atoms with Crippen molar-refractivity contribution in [3.05, 3.63) is 62.5 Å². The topological polar surface area (TPSA) is 104 Å². The Morgan fingerprint density at radius 1 is 1.29 bits per heavy atom. The molecule has 0 aliphatic carbocycles. The monoisotopic (exact) mass is 502 g/mol. The van der Waals surface area contributed by atoms with Crippen molar-refractivity contribution in [1.82, 2.24) is 19.7 Å². The molecule has 0 saturated carbocycles. The second-order valence-electron chi connectivity index (χ2n) is 8.38. The molecule has 9 nitrogen and oxygen atoms in total. The Balaban J connectivity index is 1.57. The molecule has 2 aromatic heterocycles. The van der Waals surface area contributed by atoms with Crippen LogP contribution in [0.4, 0.5) is 8.78 Å². The summed E-state index contributed by atoms with van der Waals surface area (Å²) < 4.78 is 39.8. The van der Waals surface area contributed by atoms with Gasteiger partial charge in [0.05, 0.1) is 18.7 Å². The number of fused-ring (bicyclic) bond motifs is 2. The summed E-state index contributed by atoms with van der Waals surface area (Å²) >= 11 is 1.05. The number of hydrogen-bond acceptors (Lipinski definition) is 8. The summed E-state index contributed by atoms with van der Waals surface area (Å²) in [5.41, 5.74) is -0.398. The molecule has 5 rings (SSSR count). The maximum Gasteiger partial charge on any atom is 0.308 e. The molecule has 3 aromatic rings. The van der Waals surface area contributed by atoms with Crippen molar-refractivity contribution in [3.8, 4) is 16.3 Å². The molecule has 12 heteroatoms. The lowest BCUT2D eigenvalue weighted by Gasteiger charge is -2.44. The van der Waals surface area contributed by atoms with Crippen molar-refractivity contribution < 1.29 is 27.8 Å². The van der Waals surface area contributed by atoms with Crippen molar-refractivity contribution in [2.24, 2.45) is 0 Å². The molecule has 0 bridgehead atoms. The van der Waals surface area contributed by atoms with E-state index in [1.807, 2.05) is 6.92 Å². The number of rotatable bonds is 4. The molecule has 2 aliphatic heterocycles. The van der Waals surface area contributed by atoms with Gasteiger partial charge in [-0.25, -0.2) is 8.78 Å². The summed E-state index contributed by atoms with van der Waals surface area (Å²) in [5.74, 6) is -2.98. The molecule has 4 heterocycles. The van der Waals surface area contributed by atoms with Gasteiger partial charge >= 0.3 is 5.97 Å². The van der Waals surface area contributed by atoms with E-state index in [9.17, 15) is 23.2 Å². The van der Waals surface area contributed by atoms with Crippen LogP contribution in [0, 0.1) is 11.6 Å². The maximum absolute atomic E-state index is 14.1. The van der Waals surface area contributed by atoms with Crippen molar-refractivity contribution in [2.45, 2.75) is 45.5 Å². The van der Waals surface area contributed by atoms with Crippen LogP contribution in [-0.2, 0) is 22.5 Å². The zero-order valence-corrected chi connectivity index (χ0v) is 19.6. The highest BCUT2D eigenvalue weighted by Gasteiger charge is 2.41. The van der Waals surface area contributed by atoms with Gasteiger partial charge in [0.1, 0.15) is 16.6 Å². The molecule has 0 N–H and O–H groups in total. The van der Waals surface area contributed by atoms with Gasteiger partial charge in [0.25, 0.3) is 5.91 Å². The van der Waals surface area contributed by atoms with Crippen LogP contribution in [0.2, 0.25) is 0 Å². The first kappa shape index (κ1) is 23.2. The number of benzene rings is 1. The van der Waals surface area contributed by atoms with Gasteiger partial charge in [-0.15, -0.1) is 10.2 Å². The third-order valence-corrected chi connectivity index (χ3v) is 6.92. The molecule has 0 radical (unpaired) electrons. The standard InChI is InChI=1S/C23H20F2N4O5S/c1-11-5-6-33-18-10-28-9-15(20(31)21(34-12(2)30)19(28)23(32)29(11)18)22-27-26-17(35-22)7-13-3-4-14(24)8-16(13)25/h3-4,8-9,11,18H,5-7,10H2,1-2H3/t11-,18+/m1/s1. The average molecular weight is 502 g/mol. The van der Waals surface area contributed by atoms with Gasteiger partial charge in [0.15, 0.2) is 16.9 Å². The first-order valence-electron chi connectivity index (χ1n) is 10.9. The third-order valence-electron chi connectivity index (χ3n) is 5.96. The number of nitrogens with zero attached hydrogens (tertiary/aromatic N) is 4. The Morgan fingerprint density at radius 2 is 2.09 bits per heavy atom. The van der Waals surface area contributed by atoms with Crippen LogP contribution in [0.1, 0.15) is 41.3 Å². The lowest BCUT2D eigenvalue weighted by molar-refractivity contribution is -0.132. The molecule has 2 aliphatic rings. The number of aromatic nitrogens is 3. The maximum atomic E-state index is 14.1. The van der Waals surface area contributed by atoms with Gasteiger partial charge in [-0.2, -0.15) is 0 Å². The summed E-state index contributed by atoms with van der Waals surface area (Å²) in [6.45, 7) is 3.77. The Labute approximate surface area is 201 Å². The summed E-state index contributed by atoms with van der Waals surface area (Å²) in [4.78, 5) is 40.1. The Bertz CT molecular complexity index is 1410. The quantitative estimate of drug-likeness (QED) is 0.506. The number of carbonyl (C=O) groups is 2. The second-order valence-corrected chi connectivity index (χ2v) is 9.45. The number of halogens is 2. The van der Waals surface area contributed by atoms with Crippen LogP contribution in [0.25, 0.3) is 10.6 Å². The SMILES string of the molecule is CC(=O)Oc1c2n(cc(-c3nnc(Cc4ccc(F)cc4F)s3)c1=O)C[C@@H]1OCC[C@@H](C)N1C2=O. The Morgan fingerprint density at radius 3 is 2.83 bits per heavy atom. The Kier molecular flexibility index (Phi) is 5.93. The molecule has 1 amide bonds. The third kappa shape index (κ3) is 4.23. The van der Waals surface area contributed by atoms with Crippen LogP contribution >= 0.6 is 11.3 Å². The fourth-order valence-corrected chi connectivity index (χ4v) is 5.17.